The zero-order valence-corrected chi connectivity index (χ0v) is 9.40. The molecule has 0 unspecified atom stereocenters. The van der Waals surface area contributed by atoms with E-state index in [0.717, 1.165) is 0 Å². The largest absolute Gasteiger partial charge is 0.466 e. The van der Waals surface area contributed by atoms with Crippen molar-refractivity contribution in [2.45, 2.75) is 19.6 Å². The predicted molar refractivity (Wildman–Crippen MR) is 54.1 cm³/mol. The van der Waals surface area contributed by atoms with E-state index in [1.165, 1.54) is 25.5 Å². The fourth-order valence-corrected chi connectivity index (χ4v) is 0.790. The van der Waals surface area contributed by atoms with Crippen molar-refractivity contribution >= 4 is 20.5 Å². The summed E-state index contributed by atoms with van der Waals surface area (Å²) in [5.74, 6) is -0.403. The quantitative estimate of drug-likeness (QED) is 0.228. The van der Waals surface area contributed by atoms with Gasteiger partial charge in [0.1, 0.15) is 0 Å². The van der Waals surface area contributed by atoms with E-state index in [9.17, 15) is 4.79 Å². The molecule has 0 heterocycles. The highest BCUT2D eigenvalue weighted by molar-refractivity contribution is 6.69. The summed E-state index contributed by atoms with van der Waals surface area (Å²) in [5.41, 5.74) is 0. The third-order valence-corrected chi connectivity index (χ3v) is 1.56. The molecule has 0 spiro atoms. The van der Waals surface area contributed by atoms with Gasteiger partial charge in [-0.1, -0.05) is 0 Å². The third kappa shape index (κ3) is 8.81. The molecule has 13 heavy (non-hydrogen) atoms. The zero-order chi connectivity index (χ0) is 10.3. The normalized spacial score (nSPS) is 12.3. The summed E-state index contributed by atoms with van der Waals surface area (Å²) in [6.07, 6.45) is 4.18. The molecular formula is C8H15NO3Si. The van der Waals surface area contributed by atoms with Gasteiger partial charge in [-0.15, -0.1) is 5.16 Å². The summed E-state index contributed by atoms with van der Waals surface area (Å²) in [6.45, 7) is 6.07. The van der Waals surface area contributed by atoms with E-state index >= 15 is 0 Å². The third-order valence-electron chi connectivity index (χ3n) is 0.907. The predicted octanol–water partition coefficient (Wildman–Crippen LogP) is 1.55. The molecule has 0 aliphatic carbocycles. The molecule has 0 aromatic heterocycles. The Morgan fingerprint density at radius 2 is 2.00 bits per heavy atom. The number of nitrogens with zero attached hydrogens (tertiary/aromatic N) is 1. The fraction of sp³-hybridized carbons (Fsp3) is 0.500. The van der Waals surface area contributed by atoms with Crippen molar-refractivity contribution in [2.24, 2.45) is 5.16 Å². The van der Waals surface area contributed by atoms with Gasteiger partial charge >= 0.3 is 5.97 Å². The Hall–Kier alpha value is -1.10. The number of esters is 1. The number of hydrogen-bond acceptors (Lipinski definition) is 4. The van der Waals surface area contributed by atoms with Crippen LogP contribution >= 0.6 is 0 Å². The Morgan fingerprint density at radius 1 is 1.38 bits per heavy atom. The minimum Gasteiger partial charge on any atom is -0.466 e. The standard InChI is InChI=1S/C8H15NO3Si/c1-11-8(10)6-5-7-9-12-13(2,3)4/h5-7H,1-4H3/b6-5+,9-7?. The lowest BCUT2D eigenvalue weighted by Gasteiger charge is -2.11. The monoisotopic (exact) mass is 201 g/mol. The lowest BCUT2D eigenvalue weighted by Crippen LogP contribution is -2.22. The molecule has 4 nitrogen and oxygen atoms in total. The van der Waals surface area contributed by atoms with Gasteiger partial charge in [0.15, 0.2) is 0 Å². The van der Waals surface area contributed by atoms with E-state index in [2.05, 4.69) is 9.89 Å². The number of carbonyl (C=O) groups excluding carboxylic acids is 1. The molecule has 0 aliphatic heterocycles. The number of ether oxygens (including phenoxy) is 1. The number of carbonyl (C=O) groups is 1. The van der Waals surface area contributed by atoms with Crippen LogP contribution in [0.3, 0.4) is 0 Å². The van der Waals surface area contributed by atoms with Crippen LogP contribution in [0, 0.1) is 0 Å². The number of allylic oxidation sites excluding steroid dienone is 1. The average Bonchev–Trinajstić information content (AvgIpc) is 2.01. The highest BCUT2D eigenvalue weighted by Gasteiger charge is 2.14. The van der Waals surface area contributed by atoms with E-state index in [4.69, 9.17) is 4.53 Å². The van der Waals surface area contributed by atoms with Crippen molar-refractivity contribution in [2.75, 3.05) is 7.11 Å². The van der Waals surface area contributed by atoms with E-state index in [1.54, 1.807) is 0 Å². The first-order valence-electron chi connectivity index (χ1n) is 3.92. The van der Waals surface area contributed by atoms with Gasteiger partial charge < -0.3 is 9.26 Å². The van der Waals surface area contributed by atoms with Gasteiger partial charge in [-0.2, -0.15) is 0 Å². The molecule has 0 aromatic carbocycles. The summed E-state index contributed by atoms with van der Waals surface area (Å²) in [7, 11) is -0.269. The van der Waals surface area contributed by atoms with Gasteiger partial charge in [-0.05, 0) is 25.7 Å². The van der Waals surface area contributed by atoms with Crippen LogP contribution in [-0.4, -0.2) is 27.6 Å². The number of methoxy groups -OCH3 is 1. The minimum atomic E-state index is -1.59. The van der Waals surface area contributed by atoms with E-state index < -0.39 is 14.3 Å². The summed E-state index contributed by atoms with van der Waals surface area (Å²) in [4.78, 5) is 10.6. The molecule has 0 aliphatic rings. The molecular weight excluding hydrogens is 186 g/mol. The van der Waals surface area contributed by atoms with E-state index in [-0.39, 0.29) is 0 Å². The van der Waals surface area contributed by atoms with E-state index in [1.807, 2.05) is 19.6 Å². The van der Waals surface area contributed by atoms with Crippen LogP contribution in [0.1, 0.15) is 0 Å². The molecule has 74 valence electrons. The summed E-state index contributed by atoms with van der Waals surface area (Å²) >= 11 is 0. The smallest absolute Gasteiger partial charge is 0.330 e. The number of hydrogen-bond donors (Lipinski definition) is 0. The molecule has 0 N–H and O–H groups in total. The number of rotatable bonds is 4. The molecule has 0 saturated heterocycles. The second-order valence-corrected chi connectivity index (χ2v) is 7.75. The first-order valence-corrected chi connectivity index (χ1v) is 7.32. The molecule has 5 heteroatoms. The zero-order valence-electron chi connectivity index (χ0n) is 8.40. The Bertz CT molecular complexity index is 218. The number of oxime groups is 1. The van der Waals surface area contributed by atoms with Crippen molar-refractivity contribution in [3.8, 4) is 0 Å². The van der Waals surface area contributed by atoms with Gasteiger partial charge in [-0.3, -0.25) is 0 Å². The second-order valence-electron chi connectivity index (χ2n) is 3.34. The lowest BCUT2D eigenvalue weighted by molar-refractivity contribution is -0.134. The fourth-order valence-electron chi connectivity index (χ4n) is 0.413. The maximum Gasteiger partial charge on any atom is 0.330 e. The summed E-state index contributed by atoms with van der Waals surface area (Å²) in [5, 5.41) is 3.69. The van der Waals surface area contributed by atoms with Crippen LogP contribution < -0.4 is 0 Å². The van der Waals surface area contributed by atoms with Gasteiger partial charge in [0.2, 0.25) is 0 Å². The second kappa shape index (κ2) is 5.53. The van der Waals surface area contributed by atoms with Crippen LogP contribution in [0.25, 0.3) is 0 Å². The molecule has 0 atom stereocenters. The molecule has 0 aromatic rings. The molecule has 0 bridgehead atoms. The maximum absolute atomic E-state index is 10.6. The minimum absolute atomic E-state index is 0.403. The Kier molecular flexibility index (Phi) is 5.06. The van der Waals surface area contributed by atoms with Gasteiger partial charge in [0, 0.05) is 6.08 Å². The van der Waals surface area contributed by atoms with Crippen LogP contribution in [-0.2, 0) is 14.1 Å². The van der Waals surface area contributed by atoms with Crippen molar-refractivity contribution in [3.63, 3.8) is 0 Å². The molecule has 0 fully saturated rings. The molecule has 0 saturated carbocycles. The Balaban J connectivity index is 3.76. The molecule has 0 rings (SSSR count). The lowest BCUT2D eigenvalue weighted by atomic mass is 10.5. The van der Waals surface area contributed by atoms with Gasteiger partial charge in [0.05, 0.1) is 13.3 Å². The first kappa shape index (κ1) is 11.9. The Labute approximate surface area is 79.3 Å². The average molecular weight is 201 g/mol. The van der Waals surface area contributed by atoms with Gasteiger partial charge in [0.25, 0.3) is 8.32 Å². The highest BCUT2D eigenvalue weighted by Crippen LogP contribution is 2.01. The highest BCUT2D eigenvalue weighted by atomic mass is 28.4. The SMILES string of the molecule is COC(=O)/C=C/C=NO[Si](C)(C)C. The van der Waals surface area contributed by atoms with Crippen LogP contribution in [0.5, 0.6) is 0 Å². The van der Waals surface area contributed by atoms with E-state index in [0.29, 0.717) is 0 Å². The maximum atomic E-state index is 10.6. The van der Waals surface area contributed by atoms with Crippen LogP contribution in [0.2, 0.25) is 19.6 Å². The topological polar surface area (TPSA) is 47.9 Å². The molecule has 0 radical (unpaired) electrons. The summed E-state index contributed by atoms with van der Waals surface area (Å²) in [6, 6.07) is 0. The van der Waals surface area contributed by atoms with Crippen molar-refractivity contribution in [1.82, 2.24) is 0 Å². The first-order chi connectivity index (χ1) is 5.95. The van der Waals surface area contributed by atoms with Crippen LogP contribution in [0.4, 0.5) is 0 Å². The van der Waals surface area contributed by atoms with Crippen LogP contribution in [0.15, 0.2) is 17.3 Å². The van der Waals surface area contributed by atoms with Crippen molar-refractivity contribution < 1.29 is 14.1 Å². The summed E-state index contributed by atoms with van der Waals surface area (Å²) < 4.78 is 9.53. The van der Waals surface area contributed by atoms with Gasteiger partial charge in [-0.25, -0.2) is 4.79 Å². The van der Waals surface area contributed by atoms with Crippen molar-refractivity contribution in [1.29, 1.82) is 0 Å². The van der Waals surface area contributed by atoms with Crippen molar-refractivity contribution in [3.05, 3.63) is 12.2 Å². The Morgan fingerprint density at radius 3 is 2.46 bits per heavy atom. The molecule has 0 amide bonds.